The number of piperidine rings is 1. The van der Waals surface area contributed by atoms with Gasteiger partial charge in [-0.2, -0.15) is 18.3 Å². The van der Waals surface area contributed by atoms with E-state index in [2.05, 4.69) is 10.4 Å². The molecule has 1 aliphatic rings. The second kappa shape index (κ2) is 14.1. The molecule has 4 rings (SSSR count). The number of esters is 1. The Labute approximate surface area is 274 Å². The predicted molar refractivity (Wildman–Crippen MR) is 162 cm³/mol. The third-order valence-electron chi connectivity index (χ3n) is 6.98. The van der Waals surface area contributed by atoms with E-state index in [0.717, 1.165) is 33.5 Å². The molecular formula is C30H35F3N6O8S. The van der Waals surface area contributed by atoms with Crippen LogP contribution in [0.5, 0.6) is 0 Å². The summed E-state index contributed by atoms with van der Waals surface area (Å²) in [5.74, 6) is -0.560. The van der Waals surface area contributed by atoms with Gasteiger partial charge in [-0.1, -0.05) is 29.8 Å². The molecule has 1 saturated heterocycles. The fourth-order valence-electron chi connectivity index (χ4n) is 4.44. The van der Waals surface area contributed by atoms with Crippen LogP contribution in [0.25, 0.3) is 16.9 Å². The number of nitrogens with zero attached hydrogens (tertiary/aromatic N) is 5. The number of nitrogens with one attached hydrogen (secondary N) is 1. The van der Waals surface area contributed by atoms with Gasteiger partial charge >= 0.3 is 18.2 Å². The van der Waals surface area contributed by atoms with Crippen LogP contribution in [0.2, 0.25) is 0 Å². The van der Waals surface area contributed by atoms with E-state index in [9.17, 15) is 36.4 Å². The van der Waals surface area contributed by atoms with Gasteiger partial charge in [0.05, 0.1) is 33.2 Å². The van der Waals surface area contributed by atoms with E-state index >= 15 is 0 Å². The molecule has 1 aromatic heterocycles. The summed E-state index contributed by atoms with van der Waals surface area (Å²) in [4.78, 5) is 29.2. The second-order valence-corrected chi connectivity index (χ2v) is 13.7. The standard InChI is InChI=1S/C30H35F3N6O8S/c1-19-8-10-21(11-9-19)25-17-26(30(31,32)33)34-38(25)22-12-14-24(15-13-22)48(43,44)35-28(41)46-23-7-6-16-37(18-23)39(42)36-47-20(2)45-27(40)29(3,4)5/h8-15,17,20,23H,6-7,16,18H2,1-5H3,(H,35,41)/b39-36-. The fourth-order valence-corrected chi connectivity index (χ4v) is 5.31. The van der Waals surface area contributed by atoms with Crippen LogP contribution < -0.4 is 4.72 Å². The lowest BCUT2D eigenvalue weighted by Gasteiger charge is -2.28. The smallest absolute Gasteiger partial charge is 0.435 e. The zero-order valence-electron chi connectivity index (χ0n) is 26.7. The van der Waals surface area contributed by atoms with E-state index in [1.165, 1.54) is 19.1 Å². The number of hydrogen-bond acceptors (Lipinski definition) is 10. The van der Waals surface area contributed by atoms with E-state index in [1.54, 1.807) is 49.8 Å². The van der Waals surface area contributed by atoms with Crippen molar-refractivity contribution in [3.63, 3.8) is 0 Å². The van der Waals surface area contributed by atoms with Gasteiger partial charge in [0.15, 0.2) is 5.69 Å². The lowest BCUT2D eigenvalue weighted by atomic mass is 9.97. The minimum atomic E-state index is -4.72. The van der Waals surface area contributed by atoms with Crippen molar-refractivity contribution in [2.45, 2.75) is 70.9 Å². The van der Waals surface area contributed by atoms with Crippen molar-refractivity contribution in [2.24, 2.45) is 10.7 Å². The molecule has 2 unspecified atom stereocenters. The number of alkyl halides is 3. The molecule has 1 N–H and O–H groups in total. The van der Waals surface area contributed by atoms with Crippen molar-refractivity contribution in [1.82, 2.24) is 19.5 Å². The number of halogens is 3. The number of hydrogen-bond donors (Lipinski definition) is 1. The van der Waals surface area contributed by atoms with E-state index in [1.807, 2.05) is 6.92 Å². The van der Waals surface area contributed by atoms with Gasteiger partial charge < -0.3 is 14.7 Å². The van der Waals surface area contributed by atoms with E-state index in [-0.39, 0.29) is 34.3 Å². The number of amides is 1. The predicted octanol–water partition coefficient (Wildman–Crippen LogP) is 5.49. The van der Waals surface area contributed by atoms with Crippen LogP contribution in [-0.2, 0) is 35.3 Å². The lowest BCUT2D eigenvalue weighted by Crippen LogP contribution is -2.45. The van der Waals surface area contributed by atoms with Crippen molar-refractivity contribution in [2.75, 3.05) is 13.1 Å². The van der Waals surface area contributed by atoms with Crippen LogP contribution in [0.15, 0.2) is 64.8 Å². The first-order valence-corrected chi connectivity index (χ1v) is 16.2. The van der Waals surface area contributed by atoms with Gasteiger partial charge in [-0.25, -0.2) is 22.6 Å². The third kappa shape index (κ3) is 9.14. The Hall–Kier alpha value is -4.87. The van der Waals surface area contributed by atoms with Crippen LogP contribution >= 0.6 is 0 Å². The molecule has 0 spiro atoms. The largest absolute Gasteiger partial charge is 0.569 e. The summed E-state index contributed by atoms with van der Waals surface area (Å²) >= 11 is 0. The second-order valence-electron chi connectivity index (χ2n) is 12.0. The quantitative estimate of drug-likeness (QED) is 0.0993. The highest BCUT2D eigenvalue weighted by Crippen LogP contribution is 2.33. The molecule has 2 aromatic carbocycles. The van der Waals surface area contributed by atoms with Crippen molar-refractivity contribution in [1.29, 1.82) is 0 Å². The first-order valence-electron chi connectivity index (χ1n) is 14.7. The van der Waals surface area contributed by atoms with Crippen LogP contribution in [0, 0.1) is 17.5 Å². The minimum Gasteiger partial charge on any atom is -0.569 e. The Bertz CT molecular complexity index is 1750. The molecule has 2 atom stereocenters. The van der Waals surface area contributed by atoms with Gasteiger partial charge in [-0.05, 0) is 70.9 Å². The molecule has 1 fully saturated rings. The first kappa shape index (κ1) is 36.0. The van der Waals surface area contributed by atoms with Gasteiger partial charge in [0, 0.05) is 12.5 Å². The zero-order chi connectivity index (χ0) is 35.4. The maximum Gasteiger partial charge on any atom is 0.435 e. The Morgan fingerprint density at radius 3 is 2.35 bits per heavy atom. The molecule has 1 amide bonds. The average Bonchev–Trinajstić information content (AvgIpc) is 3.46. The van der Waals surface area contributed by atoms with Crippen molar-refractivity contribution >= 4 is 22.1 Å². The average molecular weight is 697 g/mol. The van der Waals surface area contributed by atoms with Gasteiger partial charge in [-0.3, -0.25) is 9.63 Å². The number of sulfonamides is 1. The summed E-state index contributed by atoms with van der Waals surface area (Å²) in [7, 11) is -4.46. The van der Waals surface area contributed by atoms with Gasteiger partial charge in [0.25, 0.3) is 16.3 Å². The number of ether oxygens (including phenoxy) is 2. The van der Waals surface area contributed by atoms with Crippen LogP contribution in [0.1, 0.15) is 51.8 Å². The molecule has 0 aliphatic carbocycles. The molecule has 0 bridgehead atoms. The number of rotatable bonds is 9. The SMILES string of the molecule is Cc1ccc(-c2cc(C(F)(F)F)nn2-c2ccc(S(=O)(=O)NC(=O)OC3CCCN(/[N+]([O-])=N/OC(C)OC(=O)C(C)(C)C)C3)cc2)cc1. The molecule has 14 nitrogen and oxygen atoms in total. The number of hydrazine groups is 1. The molecule has 2 heterocycles. The topological polar surface area (TPSA) is 167 Å². The molecule has 3 aromatic rings. The highest BCUT2D eigenvalue weighted by molar-refractivity contribution is 7.90. The molecule has 260 valence electrons. The number of aromatic nitrogens is 2. The molecule has 1 aliphatic heterocycles. The highest BCUT2D eigenvalue weighted by Gasteiger charge is 2.35. The minimum absolute atomic E-state index is 0.120. The van der Waals surface area contributed by atoms with Crippen molar-refractivity contribution in [3.05, 3.63) is 71.1 Å². The van der Waals surface area contributed by atoms with Crippen LogP contribution in [0.4, 0.5) is 18.0 Å². The number of carbonyl (C=O) groups excluding carboxylic acids is 2. The first-order chi connectivity index (χ1) is 22.3. The summed E-state index contributed by atoms with van der Waals surface area (Å²) < 4.78 is 79.6. The number of carbonyl (C=O) groups is 2. The highest BCUT2D eigenvalue weighted by atomic mass is 32.2. The maximum absolute atomic E-state index is 13.5. The van der Waals surface area contributed by atoms with E-state index in [0.29, 0.717) is 18.4 Å². The summed E-state index contributed by atoms with van der Waals surface area (Å²) in [6.07, 6.45) is -7.35. The molecule has 0 radical (unpaired) electrons. The molecule has 18 heteroatoms. The monoisotopic (exact) mass is 696 g/mol. The summed E-state index contributed by atoms with van der Waals surface area (Å²) in [5.41, 5.74) is -0.275. The van der Waals surface area contributed by atoms with Crippen molar-refractivity contribution in [3.8, 4) is 16.9 Å². The number of benzene rings is 2. The summed E-state index contributed by atoms with van der Waals surface area (Å²) in [6.45, 7) is 8.24. The van der Waals surface area contributed by atoms with E-state index < -0.39 is 51.8 Å². The summed E-state index contributed by atoms with van der Waals surface area (Å²) in [5, 5.41) is 20.7. The van der Waals surface area contributed by atoms with Gasteiger partial charge in [-0.15, -0.1) is 5.01 Å². The van der Waals surface area contributed by atoms with Crippen LogP contribution in [-0.4, -0.2) is 65.7 Å². The summed E-state index contributed by atoms with van der Waals surface area (Å²) in [6, 6.07) is 12.4. The Kier molecular flexibility index (Phi) is 10.6. The molecular weight excluding hydrogens is 661 g/mol. The Balaban J connectivity index is 1.39. The third-order valence-corrected chi connectivity index (χ3v) is 8.31. The van der Waals surface area contributed by atoms with Crippen molar-refractivity contribution < 1.29 is 50.5 Å². The normalized spacial score (nSPS) is 16.6. The number of aryl methyl sites for hydroxylation is 1. The zero-order valence-corrected chi connectivity index (χ0v) is 27.5. The van der Waals surface area contributed by atoms with Gasteiger partial charge in [0.2, 0.25) is 5.28 Å². The van der Waals surface area contributed by atoms with Gasteiger partial charge in [0.1, 0.15) is 12.6 Å². The Morgan fingerprint density at radius 1 is 1.10 bits per heavy atom. The van der Waals surface area contributed by atoms with E-state index in [4.69, 9.17) is 14.3 Å². The van der Waals surface area contributed by atoms with Crippen LogP contribution in [0.3, 0.4) is 0 Å². The Morgan fingerprint density at radius 2 is 1.75 bits per heavy atom. The fraction of sp³-hybridized carbons (Fsp3) is 0.433. The maximum atomic E-state index is 13.5. The lowest BCUT2D eigenvalue weighted by molar-refractivity contribution is -0.716. The molecule has 48 heavy (non-hydrogen) atoms. The molecule has 0 saturated carbocycles.